The van der Waals surface area contributed by atoms with Gasteiger partial charge in [-0.25, -0.2) is 4.98 Å². The van der Waals surface area contributed by atoms with Gasteiger partial charge in [0.2, 0.25) is 5.91 Å². The number of hydrogen-bond acceptors (Lipinski definition) is 5. The van der Waals surface area contributed by atoms with E-state index in [1.54, 1.807) is 7.11 Å². The molecule has 0 spiro atoms. The number of nitrogens with two attached hydrogens (primary N) is 1. The van der Waals surface area contributed by atoms with Crippen LogP contribution in [0.5, 0.6) is 5.75 Å². The molecule has 0 saturated heterocycles. The maximum absolute atomic E-state index is 11.7. The zero-order chi connectivity index (χ0) is 14.1. The van der Waals surface area contributed by atoms with Gasteiger partial charge in [0.05, 0.1) is 7.11 Å². The average molecular weight is 289 g/mol. The molecule has 1 heterocycles. The number of amides is 1. The lowest BCUT2D eigenvalue weighted by molar-refractivity contribution is -0.117. The number of benzene rings is 1. The van der Waals surface area contributed by atoms with Crippen LogP contribution in [0, 0.1) is 5.92 Å². The third-order valence-electron chi connectivity index (χ3n) is 3.20. The van der Waals surface area contributed by atoms with Crippen molar-refractivity contribution in [2.24, 2.45) is 5.92 Å². The van der Waals surface area contributed by atoms with Crippen molar-refractivity contribution in [2.75, 3.05) is 18.2 Å². The molecule has 3 rings (SSSR count). The van der Waals surface area contributed by atoms with E-state index in [4.69, 9.17) is 10.5 Å². The van der Waals surface area contributed by atoms with Crippen LogP contribution in [0.25, 0.3) is 11.3 Å². The molecule has 3 N–H and O–H groups in total. The molecule has 5 nitrogen and oxygen atoms in total. The second-order valence-corrected chi connectivity index (χ2v) is 5.75. The summed E-state index contributed by atoms with van der Waals surface area (Å²) in [6, 6.07) is 7.51. The van der Waals surface area contributed by atoms with Crippen molar-refractivity contribution in [3.05, 3.63) is 24.3 Å². The Morgan fingerprint density at radius 1 is 1.40 bits per heavy atom. The van der Waals surface area contributed by atoms with Gasteiger partial charge in [0.25, 0.3) is 0 Å². The molecule has 1 saturated carbocycles. The van der Waals surface area contributed by atoms with Gasteiger partial charge in [-0.1, -0.05) is 11.3 Å². The number of nitrogens with one attached hydrogen (secondary N) is 1. The largest absolute Gasteiger partial charge is 0.497 e. The minimum absolute atomic E-state index is 0.0417. The average Bonchev–Trinajstić information content (AvgIpc) is 3.24. The van der Waals surface area contributed by atoms with Crippen molar-refractivity contribution in [2.45, 2.75) is 12.8 Å². The van der Waals surface area contributed by atoms with Crippen LogP contribution in [0.2, 0.25) is 0 Å². The molecule has 0 atom stereocenters. The van der Waals surface area contributed by atoms with Crippen LogP contribution in [0.4, 0.5) is 10.1 Å². The summed E-state index contributed by atoms with van der Waals surface area (Å²) in [5.41, 5.74) is 7.59. The molecule has 20 heavy (non-hydrogen) atoms. The lowest BCUT2D eigenvalue weighted by atomic mass is 10.1. The van der Waals surface area contributed by atoms with Crippen molar-refractivity contribution in [1.82, 2.24) is 4.98 Å². The van der Waals surface area contributed by atoms with Gasteiger partial charge in [0, 0.05) is 11.5 Å². The van der Waals surface area contributed by atoms with E-state index in [9.17, 15) is 4.79 Å². The SMILES string of the molecule is COc1ccc(-c2nc(NC(=O)C3CC3)sc2N)cc1. The highest BCUT2D eigenvalue weighted by molar-refractivity contribution is 7.20. The number of nitrogen functional groups attached to an aromatic ring is 1. The second kappa shape index (κ2) is 5.13. The van der Waals surface area contributed by atoms with Crippen LogP contribution in [-0.2, 0) is 4.79 Å². The van der Waals surface area contributed by atoms with Gasteiger partial charge in [0.15, 0.2) is 5.13 Å². The molecule has 1 fully saturated rings. The number of aromatic nitrogens is 1. The van der Waals surface area contributed by atoms with Gasteiger partial charge in [-0.3, -0.25) is 4.79 Å². The molecule has 1 aromatic heterocycles. The summed E-state index contributed by atoms with van der Waals surface area (Å²) in [4.78, 5) is 16.1. The Kier molecular flexibility index (Phi) is 3.31. The number of thiazole rings is 1. The normalized spacial score (nSPS) is 14.1. The Morgan fingerprint density at radius 3 is 2.70 bits per heavy atom. The Labute approximate surface area is 120 Å². The first kappa shape index (κ1) is 12.9. The number of carbonyl (C=O) groups excluding carboxylic acids is 1. The quantitative estimate of drug-likeness (QED) is 0.907. The molecule has 0 radical (unpaired) electrons. The monoisotopic (exact) mass is 289 g/mol. The Morgan fingerprint density at radius 2 is 2.10 bits per heavy atom. The Bertz CT molecular complexity index is 632. The number of anilines is 2. The summed E-state index contributed by atoms with van der Waals surface area (Å²) in [6.45, 7) is 0. The summed E-state index contributed by atoms with van der Waals surface area (Å²) >= 11 is 1.30. The smallest absolute Gasteiger partial charge is 0.229 e. The van der Waals surface area contributed by atoms with Crippen LogP contribution < -0.4 is 15.8 Å². The summed E-state index contributed by atoms with van der Waals surface area (Å²) in [5.74, 6) is 0.981. The van der Waals surface area contributed by atoms with E-state index in [2.05, 4.69) is 10.3 Å². The van der Waals surface area contributed by atoms with Gasteiger partial charge in [-0.2, -0.15) is 0 Å². The molecular weight excluding hydrogens is 274 g/mol. The maximum Gasteiger partial charge on any atom is 0.229 e. The lowest BCUT2D eigenvalue weighted by Crippen LogP contribution is -2.12. The minimum Gasteiger partial charge on any atom is -0.497 e. The van der Waals surface area contributed by atoms with E-state index in [1.165, 1.54) is 11.3 Å². The highest BCUT2D eigenvalue weighted by Gasteiger charge is 2.30. The fourth-order valence-corrected chi connectivity index (χ4v) is 2.65. The summed E-state index contributed by atoms with van der Waals surface area (Å²) < 4.78 is 5.12. The number of carbonyl (C=O) groups is 1. The molecule has 1 aliphatic carbocycles. The number of hydrogen-bond donors (Lipinski definition) is 2. The van der Waals surface area contributed by atoms with Gasteiger partial charge in [-0.15, -0.1) is 0 Å². The van der Waals surface area contributed by atoms with E-state index in [0.717, 1.165) is 24.2 Å². The third kappa shape index (κ3) is 2.60. The second-order valence-electron chi connectivity index (χ2n) is 4.72. The molecule has 104 valence electrons. The first-order valence-electron chi connectivity index (χ1n) is 6.39. The van der Waals surface area contributed by atoms with E-state index in [0.29, 0.717) is 15.8 Å². The van der Waals surface area contributed by atoms with E-state index >= 15 is 0 Å². The van der Waals surface area contributed by atoms with Crippen LogP contribution in [0.1, 0.15) is 12.8 Å². The Balaban J connectivity index is 1.81. The highest BCUT2D eigenvalue weighted by atomic mass is 32.1. The Hall–Kier alpha value is -2.08. The predicted molar refractivity (Wildman–Crippen MR) is 79.9 cm³/mol. The predicted octanol–water partition coefficient (Wildman–Crippen LogP) is 2.75. The highest BCUT2D eigenvalue weighted by Crippen LogP contribution is 2.36. The topological polar surface area (TPSA) is 77.2 Å². The van der Waals surface area contributed by atoms with Crippen molar-refractivity contribution < 1.29 is 9.53 Å². The van der Waals surface area contributed by atoms with Crippen molar-refractivity contribution in [3.8, 4) is 17.0 Å². The number of methoxy groups -OCH3 is 1. The van der Waals surface area contributed by atoms with E-state index in [-0.39, 0.29) is 11.8 Å². The molecule has 6 heteroatoms. The molecule has 0 unspecified atom stereocenters. The molecule has 0 aliphatic heterocycles. The number of nitrogens with zero attached hydrogens (tertiary/aromatic N) is 1. The van der Waals surface area contributed by atoms with E-state index in [1.807, 2.05) is 24.3 Å². The molecule has 0 bridgehead atoms. The summed E-state index contributed by atoms with van der Waals surface area (Å²) in [7, 11) is 1.62. The van der Waals surface area contributed by atoms with E-state index < -0.39 is 0 Å². The summed E-state index contributed by atoms with van der Waals surface area (Å²) in [5, 5.41) is 3.98. The fourth-order valence-electron chi connectivity index (χ4n) is 1.89. The molecule has 1 aliphatic rings. The van der Waals surface area contributed by atoms with Gasteiger partial charge >= 0.3 is 0 Å². The van der Waals surface area contributed by atoms with Crippen molar-refractivity contribution in [3.63, 3.8) is 0 Å². The zero-order valence-electron chi connectivity index (χ0n) is 11.1. The molecular formula is C14H15N3O2S. The number of rotatable bonds is 4. The standard InChI is InChI=1S/C14H15N3O2S/c1-19-10-6-4-8(5-7-10)11-12(15)20-14(16-11)17-13(18)9-2-3-9/h4-7,9H,2-3,15H2,1H3,(H,16,17,18). The minimum atomic E-state index is 0.0417. The third-order valence-corrected chi connectivity index (χ3v) is 4.00. The zero-order valence-corrected chi connectivity index (χ0v) is 11.9. The van der Waals surface area contributed by atoms with Crippen LogP contribution in [0.3, 0.4) is 0 Å². The first-order valence-corrected chi connectivity index (χ1v) is 7.20. The van der Waals surface area contributed by atoms with Crippen LogP contribution in [-0.4, -0.2) is 18.0 Å². The lowest BCUT2D eigenvalue weighted by Gasteiger charge is -2.01. The van der Waals surface area contributed by atoms with Crippen LogP contribution >= 0.6 is 11.3 Å². The molecule has 1 amide bonds. The van der Waals surface area contributed by atoms with Crippen LogP contribution in [0.15, 0.2) is 24.3 Å². The number of ether oxygens (including phenoxy) is 1. The summed E-state index contributed by atoms with van der Waals surface area (Å²) in [6.07, 6.45) is 1.94. The fraction of sp³-hybridized carbons (Fsp3) is 0.286. The van der Waals surface area contributed by atoms with Gasteiger partial charge < -0.3 is 15.8 Å². The van der Waals surface area contributed by atoms with Crippen molar-refractivity contribution in [1.29, 1.82) is 0 Å². The molecule has 1 aromatic carbocycles. The first-order chi connectivity index (χ1) is 9.67. The van der Waals surface area contributed by atoms with Crippen molar-refractivity contribution >= 4 is 27.4 Å². The van der Waals surface area contributed by atoms with Gasteiger partial charge in [-0.05, 0) is 37.1 Å². The van der Waals surface area contributed by atoms with Gasteiger partial charge in [0.1, 0.15) is 16.4 Å². The molecule has 2 aromatic rings. The maximum atomic E-state index is 11.7.